The van der Waals surface area contributed by atoms with Gasteiger partial charge in [0.2, 0.25) is 5.91 Å². The summed E-state index contributed by atoms with van der Waals surface area (Å²) in [6, 6.07) is 11.7. The van der Waals surface area contributed by atoms with Crippen molar-refractivity contribution in [3.05, 3.63) is 54.1 Å². The number of ether oxygens (including phenoxy) is 2. The van der Waals surface area contributed by atoms with Gasteiger partial charge in [0.1, 0.15) is 11.9 Å². The molecule has 0 bridgehead atoms. The highest BCUT2D eigenvalue weighted by Gasteiger charge is 2.35. The lowest BCUT2D eigenvalue weighted by Crippen LogP contribution is -2.33. The molecule has 1 N–H and O–H groups in total. The number of hydrogen-bond donors (Lipinski definition) is 1. The quantitative estimate of drug-likeness (QED) is 0.196. The number of methoxy groups -OCH3 is 1. The first-order chi connectivity index (χ1) is 18.1. The molecule has 2 aromatic carbocycles. The Bertz CT molecular complexity index is 1330. The van der Waals surface area contributed by atoms with Gasteiger partial charge in [0.15, 0.2) is 9.84 Å². The van der Waals surface area contributed by atoms with Crippen molar-refractivity contribution in [2.45, 2.75) is 43.1 Å². The molecular formula is C26H26N2O9S. The van der Waals surface area contributed by atoms with Gasteiger partial charge in [-0.05, 0) is 48.4 Å². The van der Waals surface area contributed by atoms with Crippen molar-refractivity contribution in [3.8, 4) is 18.1 Å². The molecule has 38 heavy (non-hydrogen) atoms. The lowest BCUT2D eigenvalue weighted by atomic mass is 10.1. The number of rotatable bonds is 11. The van der Waals surface area contributed by atoms with Gasteiger partial charge in [-0.15, -0.1) is 12.3 Å². The van der Waals surface area contributed by atoms with E-state index in [0.29, 0.717) is 29.3 Å². The van der Waals surface area contributed by atoms with E-state index in [0.717, 1.165) is 0 Å². The molecule has 1 heterocycles. The molecule has 200 valence electrons. The number of carbonyl (C=O) groups is 4. The molecule has 0 spiro atoms. The fourth-order valence-corrected chi connectivity index (χ4v) is 4.94. The average Bonchev–Trinajstić information content (AvgIpc) is 3.20. The predicted molar refractivity (Wildman–Crippen MR) is 134 cm³/mol. The third-order valence-electron chi connectivity index (χ3n) is 5.47. The van der Waals surface area contributed by atoms with Gasteiger partial charge in [-0.3, -0.25) is 19.2 Å². The second-order valence-electron chi connectivity index (χ2n) is 8.22. The summed E-state index contributed by atoms with van der Waals surface area (Å²) in [5.74, 6) is 0.467. The van der Waals surface area contributed by atoms with E-state index in [9.17, 15) is 27.6 Å². The molecule has 3 amide bonds. The van der Waals surface area contributed by atoms with Crippen LogP contribution in [0.25, 0.3) is 0 Å². The van der Waals surface area contributed by atoms with Gasteiger partial charge in [-0.1, -0.05) is 17.2 Å². The Morgan fingerprint density at radius 2 is 1.79 bits per heavy atom. The van der Waals surface area contributed by atoms with Crippen LogP contribution in [-0.2, 0) is 33.8 Å². The number of nitrogens with zero attached hydrogens (tertiary/aromatic N) is 1. The molecule has 11 nitrogen and oxygen atoms in total. The van der Waals surface area contributed by atoms with Gasteiger partial charge >= 0.3 is 6.16 Å². The standard InChI is InChI=1S/C26H26N2O9S/c1-3-4-5-9-23(29)27-19-8-6-7-18(16-19)22(36-26(32)37-28-24(30)14-15-25(28)31)17-38(33,34)21-12-10-20(35-2)11-13-21/h1,6-8,10-13,16,22H,4-5,9,14-15,17H2,2H3,(H,27,29). The molecule has 0 aliphatic carbocycles. The van der Waals surface area contributed by atoms with Crippen LogP contribution in [0.5, 0.6) is 5.75 Å². The number of hydrogen-bond acceptors (Lipinski definition) is 9. The lowest BCUT2D eigenvalue weighted by Gasteiger charge is -2.20. The molecule has 2 aromatic rings. The Labute approximate surface area is 219 Å². The molecule has 1 unspecified atom stereocenters. The average molecular weight is 543 g/mol. The van der Waals surface area contributed by atoms with Crippen LogP contribution in [0, 0.1) is 12.3 Å². The van der Waals surface area contributed by atoms with Crippen LogP contribution in [-0.4, -0.2) is 50.2 Å². The van der Waals surface area contributed by atoms with E-state index in [1.54, 1.807) is 12.1 Å². The highest BCUT2D eigenvalue weighted by molar-refractivity contribution is 7.91. The maximum atomic E-state index is 13.2. The van der Waals surface area contributed by atoms with E-state index in [-0.39, 0.29) is 35.6 Å². The third-order valence-corrected chi connectivity index (χ3v) is 7.20. The molecule has 1 saturated heterocycles. The first-order valence-corrected chi connectivity index (χ1v) is 13.2. The van der Waals surface area contributed by atoms with E-state index < -0.39 is 39.7 Å². The number of hydroxylamine groups is 2. The maximum Gasteiger partial charge on any atom is 0.534 e. The van der Waals surface area contributed by atoms with E-state index in [1.807, 2.05) is 0 Å². The highest BCUT2D eigenvalue weighted by Crippen LogP contribution is 2.27. The first kappa shape index (κ1) is 28.2. The van der Waals surface area contributed by atoms with Crippen LogP contribution in [0.1, 0.15) is 43.8 Å². The Balaban J connectivity index is 1.84. The maximum absolute atomic E-state index is 13.2. The normalized spacial score (nSPS) is 13.9. The number of benzene rings is 2. The van der Waals surface area contributed by atoms with Gasteiger partial charge < -0.3 is 14.8 Å². The van der Waals surface area contributed by atoms with Crippen molar-refractivity contribution in [2.24, 2.45) is 0 Å². The van der Waals surface area contributed by atoms with Gasteiger partial charge in [0.25, 0.3) is 11.8 Å². The zero-order chi connectivity index (χ0) is 27.7. The summed E-state index contributed by atoms with van der Waals surface area (Å²) < 4.78 is 36.7. The van der Waals surface area contributed by atoms with Gasteiger partial charge in [0.05, 0.1) is 17.8 Å². The van der Waals surface area contributed by atoms with Crippen molar-refractivity contribution < 1.29 is 41.9 Å². The number of unbranched alkanes of at least 4 members (excludes halogenated alkanes) is 1. The summed E-state index contributed by atoms with van der Waals surface area (Å²) in [4.78, 5) is 53.0. The molecule has 3 rings (SSSR count). The molecule has 1 aliphatic rings. The molecular weight excluding hydrogens is 516 g/mol. The predicted octanol–water partition coefficient (Wildman–Crippen LogP) is 3.17. The van der Waals surface area contributed by atoms with E-state index in [2.05, 4.69) is 11.2 Å². The third kappa shape index (κ3) is 7.57. The molecule has 1 aliphatic heterocycles. The molecule has 1 fully saturated rings. The summed E-state index contributed by atoms with van der Waals surface area (Å²) >= 11 is 0. The Morgan fingerprint density at radius 1 is 1.11 bits per heavy atom. The van der Waals surface area contributed by atoms with Crippen LogP contribution < -0.4 is 10.1 Å². The largest absolute Gasteiger partial charge is 0.534 e. The van der Waals surface area contributed by atoms with Gasteiger partial charge in [-0.25, -0.2) is 13.2 Å². The van der Waals surface area contributed by atoms with Gasteiger partial charge in [-0.2, -0.15) is 0 Å². The summed E-state index contributed by atoms with van der Waals surface area (Å²) in [5.41, 5.74) is 0.557. The minimum atomic E-state index is -4.02. The molecule has 0 radical (unpaired) electrons. The minimum absolute atomic E-state index is 0.0527. The molecule has 0 aromatic heterocycles. The van der Waals surface area contributed by atoms with Crippen molar-refractivity contribution in [1.29, 1.82) is 0 Å². The molecule has 0 saturated carbocycles. The number of sulfone groups is 1. The van der Waals surface area contributed by atoms with Gasteiger partial charge in [0, 0.05) is 31.4 Å². The van der Waals surface area contributed by atoms with Crippen LogP contribution in [0.2, 0.25) is 0 Å². The Morgan fingerprint density at radius 3 is 2.42 bits per heavy atom. The molecule has 12 heteroatoms. The zero-order valence-corrected chi connectivity index (χ0v) is 21.4. The van der Waals surface area contributed by atoms with E-state index in [1.165, 1.54) is 43.5 Å². The highest BCUT2D eigenvalue weighted by atomic mass is 32.2. The number of terminal acetylenes is 1. The number of anilines is 1. The topological polar surface area (TPSA) is 145 Å². The van der Waals surface area contributed by atoms with Crippen LogP contribution in [0.15, 0.2) is 53.4 Å². The number of amides is 3. The van der Waals surface area contributed by atoms with Crippen LogP contribution >= 0.6 is 0 Å². The smallest absolute Gasteiger partial charge is 0.497 e. The number of nitrogens with one attached hydrogen (secondary N) is 1. The lowest BCUT2D eigenvalue weighted by molar-refractivity contribution is -0.178. The number of imide groups is 1. The second-order valence-corrected chi connectivity index (χ2v) is 10.3. The van der Waals surface area contributed by atoms with E-state index >= 15 is 0 Å². The SMILES string of the molecule is C#CCCCC(=O)Nc1cccc(C(CS(=O)(=O)c2ccc(OC)cc2)OC(=O)ON2C(=O)CCC2=O)c1. The molecule has 1 atom stereocenters. The summed E-state index contributed by atoms with van der Waals surface area (Å²) in [6.45, 7) is 0. The monoisotopic (exact) mass is 542 g/mol. The summed E-state index contributed by atoms with van der Waals surface area (Å²) in [6.07, 6.45) is 3.23. The Hall–Kier alpha value is -4.37. The minimum Gasteiger partial charge on any atom is -0.497 e. The number of carbonyl (C=O) groups excluding carboxylic acids is 4. The van der Waals surface area contributed by atoms with Crippen molar-refractivity contribution in [1.82, 2.24) is 5.06 Å². The fraction of sp³-hybridized carbons (Fsp3) is 0.308. The fourth-order valence-electron chi connectivity index (χ4n) is 3.54. The summed E-state index contributed by atoms with van der Waals surface area (Å²) in [7, 11) is -2.58. The van der Waals surface area contributed by atoms with Crippen molar-refractivity contribution in [2.75, 3.05) is 18.2 Å². The zero-order valence-electron chi connectivity index (χ0n) is 20.5. The van der Waals surface area contributed by atoms with Crippen molar-refractivity contribution >= 4 is 39.4 Å². The van der Waals surface area contributed by atoms with E-state index in [4.69, 9.17) is 20.7 Å². The van der Waals surface area contributed by atoms with Crippen LogP contribution in [0.3, 0.4) is 0 Å². The van der Waals surface area contributed by atoms with Crippen molar-refractivity contribution in [3.63, 3.8) is 0 Å². The summed E-state index contributed by atoms with van der Waals surface area (Å²) in [5, 5.41) is 2.98. The first-order valence-electron chi connectivity index (χ1n) is 11.6. The van der Waals surface area contributed by atoms with Crippen LogP contribution in [0.4, 0.5) is 10.5 Å². The Kier molecular flexibility index (Phi) is 9.45. The second kappa shape index (κ2) is 12.7.